The van der Waals surface area contributed by atoms with Crippen molar-refractivity contribution in [3.8, 4) is 0 Å². The van der Waals surface area contributed by atoms with Crippen LogP contribution in [0.3, 0.4) is 0 Å². The molecule has 1 aromatic rings. The largest absolute Gasteiger partial charge is 0.383 e. The number of hydrogen-bond acceptors (Lipinski definition) is 3. The summed E-state index contributed by atoms with van der Waals surface area (Å²) in [6.07, 6.45) is 1.66. The van der Waals surface area contributed by atoms with E-state index in [1.54, 1.807) is 19.2 Å². The topological polar surface area (TPSA) is 33.1 Å². The maximum atomic E-state index is 9.66. The van der Waals surface area contributed by atoms with E-state index in [0.29, 0.717) is 11.4 Å². The maximum absolute atomic E-state index is 9.66. The molecule has 1 atom stereocenters. The zero-order valence-corrected chi connectivity index (χ0v) is 7.25. The van der Waals surface area contributed by atoms with Crippen molar-refractivity contribution in [3.05, 3.63) is 30.1 Å². The van der Waals surface area contributed by atoms with Gasteiger partial charge in [0.25, 0.3) is 0 Å². The molecule has 1 aromatic heterocycles. The van der Waals surface area contributed by atoms with E-state index >= 15 is 0 Å². The predicted octanol–water partition coefficient (Wildman–Crippen LogP) is 1.22. The van der Waals surface area contributed by atoms with Crippen molar-refractivity contribution >= 4 is 12.6 Å². The molecule has 1 unspecified atom stereocenters. The van der Waals surface area contributed by atoms with Gasteiger partial charge in [-0.05, 0) is 19.1 Å². The second-order valence-corrected chi connectivity index (χ2v) is 2.96. The van der Waals surface area contributed by atoms with Gasteiger partial charge < -0.3 is 5.11 Å². The summed E-state index contributed by atoms with van der Waals surface area (Å²) in [5, 5.41) is 9.66. The van der Waals surface area contributed by atoms with Crippen LogP contribution in [0.4, 0.5) is 0 Å². The van der Waals surface area contributed by atoms with Crippen LogP contribution in [-0.4, -0.2) is 15.8 Å². The van der Waals surface area contributed by atoms with E-state index in [1.807, 2.05) is 12.1 Å². The molecule has 60 valence electrons. The van der Waals surface area contributed by atoms with Crippen LogP contribution in [0.2, 0.25) is 0 Å². The normalized spacial score (nSPS) is 15.9. The number of aliphatic hydroxyl groups is 1. The first-order valence-corrected chi connectivity index (χ1v) is 4.05. The van der Waals surface area contributed by atoms with Gasteiger partial charge in [-0.15, -0.1) is 0 Å². The van der Waals surface area contributed by atoms with E-state index in [-0.39, 0.29) is 0 Å². The number of thiol groups is 1. The molecule has 1 rings (SSSR count). The highest BCUT2D eigenvalue weighted by molar-refractivity contribution is 7.80. The lowest BCUT2D eigenvalue weighted by atomic mass is 10.1. The second-order valence-electron chi connectivity index (χ2n) is 2.65. The zero-order valence-electron chi connectivity index (χ0n) is 6.36. The molecule has 0 fully saturated rings. The number of aromatic nitrogens is 1. The van der Waals surface area contributed by atoms with Crippen LogP contribution in [0.5, 0.6) is 0 Å². The molecule has 1 N–H and O–H groups in total. The minimum Gasteiger partial charge on any atom is -0.383 e. The van der Waals surface area contributed by atoms with Gasteiger partial charge in [0.2, 0.25) is 0 Å². The molecule has 0 bridgehead atoms. The molecule has 11 heavy (non-hydrogen) atoms. The monoisotopic (exact) mass is 169 g/mol. The Morgan fingerprint density at radius 1 is 1.64 bits per heavy atom. The Morgan fingerprint density at radius 3 is 2.82 bits per heavy atom. The summed E-state index contributed by atoms with van der Waals surface area (Å²) >= 11 is 4.02. The Kier molecular flexibility index (Phi) is 2.52. The van der Waals surface area contributed by atoms with Gasteiger partial charge in [0.1, 0.15) is 5.60 Å². The van der Waals surface area contributed by atoms with Crippen LogP contribution in [-0.2, 0) is 5.60 Å². The van der Waals surface area contributed by atoms with Crippen LogP contribution in [0.15, 0.2) is 24.4 Å². The van der Waals surface area contributed by atoms with Gasteiger partial charge >= 0.3 is 0 Å². The van der Waals surface area contributed by atoms with Crippen LogP contribution in [0.25, 0.3) is 0 Å². The molecule has 0 saturated carbocycles. The number of hydrogen-bond donors (Lipinski definition) is 2. The molecule has 0 aliphatic rings. The highest BCUT2D eigenvalue weighted by atomic mass is 32.1. The van der Waals surface area contributed by atoms with Crippen molar-refractivity contribution in [2.24, 2.45) is 0 Å². The summed E-state index contributed by atoms with van der Waals surface area (Å²) in [5.41, 5.74) is -0.250. The van der Waals surface area contributed by atoms with Crippen LogP contribution < -0.4 is 0 Å². The van der Waals surface area contributed by atoms with Gasteiger partial charge in [-0.3, -0.25) is 4.98 Å². The number of pyridine rings is 1. The van der Waals surface area contributed by atoms with Crippen molar-refractivity contribution in [2.45, 2.75) is 12.5 Å². The minimum atomic E-state index is -0.912. The SMILES string of the molecule is CC(O)(CS)c1ccccn1. The van der Waals surface area contributed by atoms with Crippen LogP contribution >= 0.6 is 12.6 Å². The third-order valence-corrected chi connectivity index (χ3v) is 2.14. The van der Waals surface area contributed by atoms with Crippen LogP contribution in [0.1, 0.15) is 12.6 Å². The Morgan fingerprint density at radius 2 is 2.36 bits per heavy atom. The minimum absolute atomic E-state index is 0.379. The molecule has 0 radical (unpaired) electrons. The lowest BCUT2D eigenvalue weighted by Gasteiger charge is -2.19. The lowest BCUT2D eigenvalue weighted by molar-refractivity contribution is 0.0796. The van der Waals surface area contributed by atoms with E-state index in [2.05, 4.69) is 17.6 Å². The Bertz CT molecular complexity index is 223. The summed E-state index contributed by atoms with van der Waals surface area (Å²) < 4.78 is 0. The number of rotatable bonds is 2. The molecular weight excluding hydrogens is 158 g/mol. The predicted molar refractivity (Wildman–Crippen MR) is 47.7 cm³/mol. The summed E-state index contributed by atoms with van der Waals surface area (Å²) in [6.45, 7) is 1.70. The van der Waals surface area contributed by atoms with E-state index in [4.69, 9.17) is 0 Å². The highest BCUT2D eigenvalue weighted by Crippen LogP contribution is 2.18. The van der Waals surface area contributed by atoms with Crippen molar-refractivity contribution in [1.82, 2.24) is 4.98 Å². The quantitative estimate of drug-likeness (QED) is 0.653. The average molecular weight is 169 g/mol. The molecule has 0 aromatic carbocycles. The van der Waals surface area contributed by atoms with Crippen molar-refractivity contribution in [1.29, 1.82) is 0 Å². The second kappa shape index (κ2) is 3.24. The van der Waals surface area contributed by atoms with Gasteiger partial charge in [0.15, 0.2) is 0 Å². The number of nitrogens with zero attached hydrogens (tertiary/aromatic N) is 1. The van der Waals surface area contributed by atoms with Gasteiger partial charge in [-0.2, -0.15) is 12.6 Å². The molecule has 0 spiro atoms. The molecule has 2 nitrogen and oxygen atoms in total. The summed E-state index contributed by atoms with van der Waals surface area (Å²) in [6, 6.07) is 5.45. The first kappa shape index (κ1) is 8.56. The Balaban J connectivity index is 2.93. The van der Waals surface area contributed by atoms with Crippen molar-refractivity contribution in [2.75, 3.05) is 5.75 Å². The van der Waals surface area contributed by atoms with E-state index in [9.17, 15) is 5.11 Å². The summed E-state index contributed by atoms with van der Waals surface area (Å²) in [7, 11) is 0. The van der Waals surface area contributed by atoms with E-state index in [1.165, 1.54) is 0 Å². The van der Waals surface area contributed by atoms with Gasteiger partial charge in [0.05, 0.1) is 5.69 Å². The molecule has 0 saturated heterocycles. The van der Waals surface area contributed by atoms with Crippen molar-refractivity contribution < 1.29 is 5.11 Å². The average Bonchev–Trinajstić information content (AvgIpc) is 2.06. The maximum Gasteiger partial charge on any atom is 0.112 e. The fraction of sp³-hybridized carbons (Fsp3) is 0.375. The van der Waals surface area contributed by atoms with Gasteiger partial charge in [-0.25, -0.2) is 0 Å². The third kappa shape index (κ3) is 1.94. The fourth-order valence-corrected chi connectivity index (χ4v) is 0.924. The summed E-state index contributed by atoms with van der Waals surface area (Å²) in [5.74, 6) is 0.379. The van der Waals surface area contributed by atoms with Gasteiger partial charge in [0, 0.05) is 11.9 Å². The Labute approximate surface area is 71.7 Å². The highest BCUT2D eigenvalue weighted by Gasteiger charge is 2.21. The molecule has 1 heterocycles. The fourth-order valence-electron chi connectivity index (χ4n) is 0.762. The van der Waals surface area contributed by atoms with Crippen molar-refractivity contribution in [3.63, 3.8) is 0 Å². The smallest absolute Gasteiger partial charge is 0.112 e. The standard InChI is InChI=1S/C8H11NOS/c1-8(10,6-11)7-4-2-3-5-9-7/h2-5,10-11H,6H2,1H3. The zero-order chi connectivity index (χ0) is 8.32. The Hall–Kier alpha value is -0.540. The first-order valence-electron chi connectivity index (χ1n) is 3.41. The first-order chi connectivity index (χ1) is 5.17. The molecule has 0 amide bonds. The molecule has 0 aliphatic heterocycles. The third-order valence-electron chi connectivity index (χ3n) is 1.52. The molecular formula is C8H11NOS. The molecule has 3 heteroatoms. The van der Waals surface area contributed by atoms with Gasteiger partial charge in [-0.1, -0.05) is 6.07 Å². The van der Waals surface area contributed by atoms with E-state index < -0.39 is 5.60 Å². The summed E-state index contributed by atoms with van der Waals surface area (Å²) in [4.78, 5) is 4.02. The van der Waals surface area contributed by atoms with E-state index in [0.717, 1.165) is 0 Å². The lowest BCUT2D eigenvalue weighted by Crippen LogP contribution is -2.24. The van der Waals surface area contributed by atoms with Crippen LogP contribution in [0, 0.1) is 0 Å². The molecule has 0 aliphatic carbocycles.